The summed E-state index contributed by atoms with van der Waals surface area (Å²) in [5, 5.41) is 14.2. The first kappa shape index (κ1) is 19.4. The minimum atomic E-state index is -5.10. The summed E-state index contributed by atoms with van der Waals surface area (Å²) in [5.41, 5.74) is -2.23. The standard InChI is InChI=1S/C19H16ClF3N2O2/c1-2-12-7-9-13(10-8-12)16-11-18(27,19(21,22)23)25(24-16)17(26)14-5-3-4-6-15(14)20/h3-10,27H,2,11H2,1H3/t18-/m0/s1. The topological polar surface area (TPSA) is 52.9 Å². The average Bonchev–Trinajstić information content (AvgIpc) is 3.00. The maximum Gasteiger partial charge on any atom is 0.438 e. The van der Waals surface area contributed by atoms with Crippen LogP contribution in [0.1, 0.15) is 34.8 Å². The zero-order valence-electron chi connectivity index (χ0n) is 14.3. The second kappa shape index (κ2) is 6.98. The van der Waals surface area contributed by atoms with E-state index >= 15 is 0 Å². The van der Waals surface area contributed by atoms with Gasteiger partial charge in [-0.25, -0.2) is 0 Å². The fourth-order valence-corrected chi connectivity index (χ4v) is 3.04. The number of rotatable bonds is 3. The second-order valence-electron chi connectivity index (χ2n) is 6.19. The molecule has 0 saturated carbocycles. The van der Waals surface area contributed by atoms with E-state index in [1.165, 1.54) is 18.2 Å². The molecule has 0 spiro atoms. The number of hydrazone groups is 1. The first-order chi connectivity index (χ1) is 12.7. The Balaban J connectivity index is 2.05. The van der Waals surface area contributed by atoms with Gasteiger partial charge in [0.05, 0.1) is 22.7 Å². The Bertz CT molecular complexity index is 897. The molecule has 1 amide bonds. The molecule has 0 radical (unpaired) electrons. The van der Waals surface area contributed by atoms with Gasteiger partial charge in [0.1, 0.15) is 0 Å². The number of aliphatic hydroxyl groups is 1. The molecular weight excluding hydrogens is 381 g/mol. The van der Waals surface area contributed by atoms with Gasteiger partial charge in [-0.3, -0.25) is 4.79 Å². The summed E-state index contributed by atoms with van der Waals surface area (Å²) in [7, 11) is 0. The Morgan fingerprint density at radius 1 is 1.22 bits per heavy atom. The van der Waals surface area contributed by atoms with Crippen molar-refractivity contribution in [2.24, 2.45) is 5.10 Å². The van der Waals surface area contributed by atoms with Gasteiger partial charge in [-0.15, -0.1) is 0 Å². The highest BCUT2D eigenvalue weighted by Gasteiger charge is 2.63. The van der Waals surface area contributed by atoms with E-state index in [9.17, 15) is 23.1 Å². The molecule has 4 nitrogen and oxygen atoms in total. The number of amides is 1. The fraction of sp³-hybridized carbons (Fsp3) is 0.263. The van der Waals surface area contributed by atoms with Crippen molar-refractivity contribution in [3.8, 4) is 0 Å². The number of carbonyl (C=O) groups excluding carboxylic acids is 1. The highest BCUT2D eigenvalue weighted by atomic mass is 35.5. The molecule has 0 aromatic heterocycles. The van der Waals surface area contributed by atoms with Crippen LogP contribution in [-0.2, 0) is 6.42 Å². The molecule has 2 aromatic carbocycles. The Morgan fingerprint density at radius 3 is 2.41 bits per heavy atom. The van der Waals surface area contributed by atoms with Crippen molar-refractivity contribution in [3.05, 3.63) is 70.2 Å². The molecule has 1 N–H and O–H groups in total. The molecule has 0 bridgehead atoms. The van der Waals surface area contributed by atoms with E-state index in [0.717, 1.165) is 12.0 Å². The number of carbonyl (C=O) groups is 1. The Labute approximate surface area is 158 Å². The molecule has 1 aliphatic rings. The summed E-state index contributed by atoms with van der Waals surface area (Å²) in [6, 6.07) is 12.5. The third-order valence-electron chi connectivity index (χ3n) is 4.43. The number of hydrogen-bond donors (Lipinski definition) is 1. The third-order valence-corrected chi connectivity index (χ3v) is 4.76. The minimum Gasteiger partial charge on any atom is -0.362 e. The Hall–Kier alpha value is -2.38. The summed E-state index contributed by atoms with van der Waals surface area (Å²) in [5.74, 6) is -1.12. The maximum atomic E-state index is 13.6. The predicted octanol–water partition coefficient (Wildman–Crippen LogP) is 4.40. The average molecular weight is 397 g/mol. The quantitative estimate of drug-likeness (QED) is 0.835. The van der Waals surface area contributed by atoms with Gasteiger partial charge in [0.2, 0.25) is 0 Å². The molecule has 0 fully saturated rings. The lowest BCUT2D eigenvalue weighted by Crippen LogP contribution is -2.56. The van der Waals surface area contributed by atoms with Gasteiger partial charge in [-0.2, -0.15) is 23.3 Å². The van der Waals surface area contributed by atoms with E-state index in [1.54, 1.807) is 30.3 Å². The first-order valence-corrected chi connectivity index (χ1v) is 8.60. The van der Waals surface area contributed by atoms with Gasteiger partial charge in [-0.1, -0.05) is 54.9 Å². The highest BCUT2D eigenvalue weighted by Crippen LogP contribution is 2.42. The summed E-state index contributed by atoms with van der Waals surface area (Å²) in [6.45, 7) is 1.95. The SMILES string of the molecule is CCc1ccc(C2=NN(C(=O)c3ccccc3Cl)[C@@](O)(C(F)(F)F)C2)cc1. The van der Waals surface area contributed by atoms with Crippen LogP contribution in [-0.4, -0.2) is 33.6 Å². The van der Waals surface area contributed by atoms with E-state index in [-0.39, 0.29) is 21.3 Å². The number of alkyl halides is 3. The van der Waals surface area contributed by atoms with Crippen molar-refractivity contribution in [1.29, 1.82) is 0 Å². The third kappa shape index (κ3) is 3.44. The molecule has 3 rings (SSSR count). The molecular formula is C19H16ClF3N2O2. The second-order valence-corrected chi connectivity index (χ2v) is 6.59. The number of hydrogen-bond acceptors (Lipinski definition) is 3. The van der Waals surface area contributed by atoms with Crippen molar-refractivity contribution in [2.45, 2.75) is 31.7 Å². The van der Waals surface area contributed by atoms with Gasteiger partial charge in [0.25, 0.3) is 11.6 Å². The number of benzene rings is 2. The first-order valence-electron chi connectivity index (χ1n) is 8.22. The minimum absolute atomic E-state index is 0.0250. The van der Waals surface area contributed by atoms with Gasteiger partial charge in [0.15, 0.2) is 0 Å². The van der Waals surface area contributed by atoms with Crippen LogP contribution in [0.15, 0.2) is 53.6 Å². The highest BCUT2D eigenvalue weighted by molar-refractivity contribution is 6.33. The largest absolute Gasteiger partial charge is 0.438 e. The lowest BCUT2D eigenvalue weighted by atomic mass is 9.99. The van der Waals surface area contributed by atoms with E-state index < -0.39 is 24.2 Å². The van der Waals surface area contributed by atoms with Gasteiger partial charge in [-0.05, 0) is 29.7 Å². The summed E-state index contributed by atoms with van der Waals surface area (Å²) in [6.07, 6.45) is -5.19. The van der Waals surface area contributed by atoms with Gasteiger partial charge in [0, 0.05) is 0 Å². The van der Waals surface area contributed by atoms with E-state index in [1.807, 2.05) is 6.92 Å². The van der Waals surface area contributed by atoms with Crippen LogP contribution >= 0.6 is 11.6 Å². The van der Waals surface area contributed by atoms with Crippen molar-refractivity contribution in [2.75, 3.05) is 0 Å². The van der Waals surface area contributed by atoms with E-state index in [4.69, 9.17) is 11.6 Å². The summed E-state index contributed by atoms with van der Waals surface area (Å²) in [4.78, 5) is 12.7. The lowest BCUT2D eigenvalue weighted by Gasteiger charge is -2.32. The zero-order valence-corrected chi connectivity index (χ0v) is 15.1. The van der Waals surface area contributed by atoms with Crippen LogP contribution in [0.3, 0.4) is 0 Å². The van der Waals surface area contributed by atoms with Crippen LogP contribution < -0.4 is 0 Å². The van der Waals surface area contributed by atoms with Crippen LogP contribution in [0, 0.1) is 0 Å². The monoisotopic (exact) mass is 396 g/mol. The molecule has 0 saturated heterocycles. The number of nitrogens with zero attached hydrogens (tertiary/aromatic N) is 2. The summed E-state index contributed by atoms with van der Waals surface area (Å²) < 4.78 is 40.9. The van der Waals surface area contributed by atoms with Crippen molar-refractivity contribution in [1.82, 2.24) is 5.01 Å². The van der Waals surface area contributed by atoms with Crippen LogP contribution in [0.2, 0.25) is 5.02 Å². The smallest absolute Gasteiger partial charge is 0.362 e. The molecule has 142 valence electrons. The lowest BCUT2D eigenvalue weighted by molar-refractivity contribution is -0.297. The predicted molar refractivity (Wildman–Crippen MR) is 95.6 cm³/mol. The van der Waals surface area contributed by atoms with Crippen LogP contribution in [0.5, 0.6) is 0 Å². The van der Waals surface area contributed by atoms with Crippen LogP contribution in [0.4, 0.5) is 13.2 Å². The molecule has 27 heavy (non-hydrogen) atoms. The molecule has 0 unspecified atom stereocenters. The molecule has 1 heterocycles. The Morgan fingerprint density at radius 2 is 1.85 bits per heavy atom. The van der Waals surface area contributed by atoms with Crippen molar-refractivity contribution in [3.63, 3.8) is 0 Å². The van der Waals surface area contributed by atoms with Crippen LogP contribution in [0.25, 0.3) is 0 Å². The molecule has 1 aliphatic heterocycles. The van der Waals surface area contributed by atoms with E-state index in [0.29, 0.717) is 5.56 Å². The molecule has 0 aliphatic carbocycles. The van der Waals surface area contributed by atoms with Crippen molar-refractivity contribution >= 4 is 23.2 Å². The maximum absolute atomic E-state index is 13.6. The van der Waals surface area contributed by atoms with E-state index in [2.05, 4.69) is 5.10 Å². The number of aryl methyl sites for hydroxylation is 1. The fourth-order valence-electron chi connectivity index (χ4n) is 2.82. The zero-order chi connectivity index (χ0) is 19.8. The number of halogens is 4. The normalized spacial score (nSPS) is 19.9. The molecule has 2 aromatic rings. The van der Waals surface area contributed by atoms with Gasteiger partial charge >= 0.3 is 6.18 Å². The molecule has 1 atom stereocenters. The summed E-state index contributed by atoms with van der Waals surface area (Å²) >= 11 is 5.93. The Kier molecular flexibility index (Phi) is 5.01. The van der Waals surface area contributed by atoms with Crippen molar-refractivity contribution < 1.29 is 23.1 Å². The van der Waals surface area contributed by atoms with Gasteiger partial charge < -0.3 is 5.11 Å². The molecule has 8 heteroatoms.